The first-order chi connectivity index (χ1) is 15.3. The van der Waals surface area contributed by atoms with Gasteiger partial charge in [0.2, 0.25) is 15.9 Å². The molecule has 2 aromatic rings. The van der Waals surface area contributed by atoms with Gasteiger partial charge in [0.15, 0.2) is 0 Å². The minimum Gasteiger partial charge on any atom is -0.380 e. The average Bonchev–Trinajstić information content (AvgIpc) is 2.79. The third-order valence-corrected chi connectivity index (χ3v) is 7.54. The first-order valence-electron chi connectivity index (χ1n) is 10.9. The second-order valence-electron chi connectivity index (χ2n) is 8.37. The van der Waals surface area contributed by atoms with Crippen LogP contribution < -0.4 is 20.7 Å². The van der Waals surface area contributed by atoms with Gasteiger partial charge in [-0.15, -0.1) is 0 Å². The molecule has 1 aliphatic heterocycles. The highest BCUT2D eigenvalue weighted by Gasteiger charge is 2.30. The number of carbonyl (C=O) groups is 1. The maximum absolute atomic E-state index is 13.1. The monoisotopic (exact) mass is 461 g/mol. The van der Waals surface area contributed by atoms with Gasteiger partial charge in [0.1, 0.15) is 16.5 Å². The van der Waals surface area contributed by atoms with Gasteiger partial charge in [-0.3, -0.25) is 4.79 Å². The molecular weight excluding hydrogens is 433 g/mol. The van der Waals surface area contributed by atoms with Crippen LogP contribution in [0.2, 0.25) is 0 Å². The number of rotatable bonds is 6. The lowest BCUT2D eigenvalue weighted by Crippen LogP contribution is -2.41. The van der Waals surface area contributed by atoms with E-state index in [2.05, 4.69) is 25.7 Å². The fraction of sp³-hybridized carbons (Fsp3) is 0.455. The number of hydrogen-bond donors (Lipinski definition) is 4. The summed E-state index contributed by atoms with van der Waals surface area (Å²) in [5, 5.41) is 9.25. The Bertz CT molecular complexity index is 1070. The summed E-state index contributed by atoms with van der Waals surface area (Å²) in [5.74, 6) is 0.115. The summed E-state index contributed by atoms with van der Waals surface area (Å²) >= 11 is 0. The number of hydrogen-bond acceptors (Lipinski definition) is 6. The number of sulfonamides is 1. The largest absolute Gasteiger partial charge is 0.380 e. The molecular formula is C22H28FN5O3S. The number of amides is 1. The maximum Gasteiger partial charge on any atom is 0.242 e. The lowest BCUT2D eigenvalue weighted by Gasteiger charge is -2.29. The van der Waals surface area contributed by atoms with E-state index in [-0.39, 0.29) is 34.6 Å². The molecule has 1 aromatic carbocycles. The van der Waals surface area contributed by atoms with Gasteiger partial charge in [-0.1, -0.05) is 12.1 Å². The van der Waals surface area contributed by atoms with Crippen LogP contribution in [0.1, 0.15) is 44.2 Å². The minimum absolute atomic E-state index is 0.0550. The Kier molecular flexibility index (Phi) is 6.61. The molecule has 1 saturated carbocycles. The van der Waals surface area contributed by atoms with Crippen molar-refractivity contribution < 1.29 is 17.6 Å². The van der Waals surface area contributed by atoms with E-state index in [1.807, 2.05) is 6.92 Å². The molecule has 32 heavy (non-hydrogen) atoms. The molecule has 4 rings (SSSR count). The number of pyridine rings is 1. The highest BCUT2D eigenvalue weighted by atomic mass is 32.2. The fourth-order valence-corrected chi connectivity index (χ4v) is 5.45. The van der Waals surface area contributed by atoms with Gasteiger partial charge < -0.3 is 16.0 Å². The molecule has 1 atom stereocenters. The van der Waals surface area contributed by atoms with E-state index in [0.29, 0.717) is 43.7 Å². The second-order valence-corrected chi connectivity index (χ2v) is 10.1. The van der Waals surface area contributed by atoms with Crippen molar-refractivity contribution in [3.8, 4) is 0 Å². The van der Waals surface area contributed by atoms with Crippen LogP contribution in [0.15, 0.2) is 41.4 Å². The number of nitrogens with zero attached hydrogens (tertiary/aromatic N) is 1. The lowest BCUT2D eigenvalue weighted by atomic mass is 9.85. The van der Waals surface area contributed by atoms with Crippen molar-refractivity contribution in [2.45, 2.75) is 49.6 Å². The maximum atomic E-state index is 13.1. The van der Waals surface area contributed by atoms with Gasteiger partial charge in [-0.25, -0.2) is 22.5 Å². The van der Waals surface area contributed by atoms with Crippen molar-refractivity contribution in [3.63, 3.8) is 0 Å². The standard InChI is InChI=1S/C22H28FN5O3S/c1-14(15-2-6-17(23)7-3-15)27-22(29)16-4-8-18(9-5-16)28-32(30,31)19-12-20-21(26-13-19)25-11-10-24-20/h2-3,6-7,12-14,16,18,24,28H,4-5,8-11H2,1H3,(H,25,26)(H,27,29)/t14-,16?,18?/m1/s1. The van der Waals surface area contributed by atoms with Crippen LogP contribution in [-0.2, 0) is 14.8 Å². The molecule has 8 nitrogen and oxygen atoms in total. The molecule has 1 amide bonds. The Morgan fingerprint density at radius 1 is 1.12 bits per heavy atom. The average molecular weight is 462 g/mol. The van der Waals surface area contributed by atoms with Gasteiger partial charge in [0, 0.05) is 31.2 Å². The number of nitrogens with one attached hydrogen (secondary N) is 4. The lowest BCUT2D eigenvalue weighted by molar-refractivity contribution is -0.126. The summed E-state index contributed by atoms with van der Waals surface area (Å²) in [4.78, 5) is 17.0. The van der Waals surface area contributed by atoms with Gasteiger partial charge >= 0.3 is 0 Å². The number of aromatic nitrogens is 1. The quantitative estimate of drug-likeness (QED) is 0.526. The Morgan fingerprint density at radius 2 is 1.81 bits per heavy atom. The van der Waals surface area contributed by atoms with Crippen LogP contribution in [-0.4, -0.2) is 38.4 Å². The van der Waals surface area contributed by atoms with Gasteiger partial charge in [0.05, 0.1) is 11.7 Å². The van der Waals surface area contributed by atoms with E-state index in [0.717, 1.165) is 12.1 Å². The van der Waals surface area contributed by atoms with E-state index in [1.165, 1.54) is 18.3 Å². The third kappa shape index (κ3) is 5.18. The topological polar surface area (TPSA) is 112 Å². The molecule has 10 heteroatoms. The van der Waals surface area contributed by atoms with E-state index >= 15 is 0 Å². The number of benzene rings is 1. The zero-order chi connectivity index (χ0) is 22.7. The van der Waals surface area contributed by atoms with E-state index < -0.39 is 10.0 Å². The molecule has 0 saturated heterocycles. The van der Waals surface area contributed by atoms with Crippen LogP contribution in [0.3, 0.4) is 0 Å². The minimum atomic E-state index is -3.70. The van der Waals surface area contributed by atoms with Crippen molar-refractivity contribution in [1.29, 1.82) is 0 Å². The fourth-order valence-electron chi connectivity index (χ4n) is 4.17. The van der Waals surface area contributed by atoms with Gasteiger partial charge in [-0.2, -0.15) is 0 Å². The van der Waals surface area contributed by atoms with Crippen molar-refractivity contribution in [1.82, 2.24) is 15.0 Å². The molecule has 2 heterocycles. The summed E-state index contributed by atoms with van der Waals surface area (Å²) < 4.78 is 41.5. The Balaban J connectivity index is 1.30. The number of fused-ring (bicyclic) bond motifs is 1. The molecule has 2 aliphatic rings. The Labute approximate surface area is 187 Å². The first kappa shape index (κ1) is 22.5. The smallest absolute Gasteiger partial charge is 0.242 e. The van der Waals surface area contributed by atoms with Crippen molar-refractivity contribution in [2.24, 2.45) is 5.92 Å². The number of anilines is 2. The highest BCUT2D eigenvalue weighted by Crippen LogP contribution is 2.28. The van der Waals surface area contributed by atoms with Crippen LogP contribution in [0, 0.1) is 11.7 Å². The highest BCUT2D eigenvalue weighted by molar-refractivity contribution is 7.89. The van der Waals surface area contributed by atoms with Gasteiger partial charge in [-0.05, 0) is 56.4 Å². The van der Waals surface area contributed by atoms with E-state index in [9.17, 15) is 17.6 Å². The summed E-state index contributed by atoms with van der Waals surface area (Å²) in [6, 6.07) is 7.21. The number of carbonyl (C=O) groups excluding carboxylic acids is 1. The van der Waals surface area contributed by atoms with Crippen molar-refractivity contribution in [2.75, 3.05) is 23.7 Å². The van der Waals surface area contributed by atoms with E-state index in [1.54, 1.807) is 18.2 Å². The molecule has 1 fully saturated rings. The van der Waals surface area contributed by atoms with Crippen molar-refractivity contribution in [3.05, 3.63) is 47.9 Å². The SMILES string of the molecule is C[C@@H](NC(=O)C1CCC(NS(=O)(=O)c2cnc3c(c2)NCCN3)CC1)c1ccc(F)cc1. The molecule has 172 valence electrons. The number of halogens is 1. The third-order valence-electron chi connectivity index (χ3n) is 6.05. The molecule has 0 unspecified atom stereocenters. The predicted molar refractivity (Wildman–Crippen MR) is 120 cm³/mol. The predicted octanol–water partition coefficient (Wildman–Crippen LogP) is 2.77. The summed E-state index contributed by atoms with van der Waals surface area (Å²) in [7, 11) is -3.70. The van der Waals surface area contributed by atoms with E-state index in [4.69, 9.17) is 0 Å². The molecule has 0 spiro atoms. The van der Waals surface area contributed by atoms with Crippen molar-refractivity contribution >= 4 is 27.4 Å². The second kappa shape index (κ2) is 9.41. The summed E-state index contributed by atoms with van der Waals surface area (Å²) in [6.07, 6.45) is 3.73. The van der Waals surface area contributed by atoms with Crippen LogP contribution in [0.4, 0.5) is 15.9 Å². The zero-order valence-corrected chi connectivity index (χ0v) is 18.7. The Hall–Kier alpha value is -2.72. The normalized spacial score (nSPS) is 21.6. The zero-order valence-electron chi connectivity index (χ0n) is 17.9. The molecule has 4 N–H and O–H groups in total. The molecule has 0 radical (unpaired) electrons. The molecule has 1 aliphatic carbocycles. The Morgan fingerprint density at radius 3 is 2.53 bits per heavy atom. The molecule has 1 aromatic heterocycles. The van der Waals surface area contributed by atoms with Crippen LogP contribution >= 0.6 is 0 Å². The first-order valence-corrected chi connectivity index (χ1v) is 12.4. The summed E-state index contributed by atoms with van der Waals surface area (Å²) in [5.41, 5.74) is 1.51. The van der Waals surface area contributed by atoms with Crippen LogP contribution in [0.5, 0.6) is 0 Å². The summed E-state index contributed by atoms with van der Waals surface area (Å²) in [6.45, 7) is 3.31. The van der Waals surface area contributed by atoms with Gasteiger partial charge in [0.25, 0.3) is 0 Å². The molecule has 0 bridgehead atoms. The van der Waals surface area contributed by atoms with Crippen LogP contribution in [0.25, 0.3) is 0 Å².